The second kappa shape index (κ2) is 10.9. The Kier molecular flexibility index (Phi) is 8.11. The third-order valence-electron chi connectivity index (χ3n) is 11.7. The molecule has 0 radical (unpaired) electrons. The zero-order valence-corrected chi connectivity index (χ0v) is 24.9. The first-order valence-corrected chi connectivity index (χ1v) is 15.2. The van der Waals surface area contributed by atoms with Crippen molar-refractivity contribution < 1.29 is 38.6 Å². The molecule has 1 aromatic rings. The van der Waals surface area contributed by atoms with Crippen LogP contribution in [0.5, 0.6) is 5.75 Å². The summed E-state index contributed by atoms with van der Waals surface area (Å²) in [6, 6.07) is 2.98. The SMILES string of the molecule is CCCNC[C@]1(C)C[C@@H](C(Oc2ccc3c(c2F)B(O)OC3)C(=O)O)[C@@]2(C)[C@H](C)CC[C@]3(CCC(=O)[C@H]32)[C@@H](C)[C@@H]1O. The minimum Gasteiger partial charge on any atom is -0.478 e. The second-order valence-electron chi connectivity index (χ2n) is 13.8. The van der Waals surface area contributed by atoms with Crippen LogP contribution in [0.15, 0.2) is 12.1 Å². The van der Waals surface area contributed by atoms with Crippen LogP contribution >= 0.6 is 0 Å². The van der Waals surface area contributed by atoms with E-state index in [1.165, 1.54) is 6.07 Å². The highest BCUT2D eigenvalue weighted by molar-refractivity contribution is 6.61. The Bertz CT molecular complexity index is 1200. The van der Waals surface area contributed by atoms with Crippen molar-refractivity contribution in [1.82, 2.24) is 5.32 Å². The van der Waals surface area contributed by atoms with Crippen molar-refractivity contribution in [2.45, 2.75) is 92.0 Å². The summed E-state index contributed by atoms with van der Waals surface area (Å²) in [7, 11) is -1.45. The number of ketones is 1. The standard InChI is InChI=1S/C31H45BFNO7/c1-6-13-34-16-29(4)14-20(25(28(37)38)41-22-8-7-19-15-40-32(39)23(19)24(22)33)30(5)17(2)9-11-31(18(3)27(29)36)12-10-21(35)26(30)31/h7-8,17-18,20,25-27,34,36,39H,6,9-16H2,1-5H3,(H,37,38)/t17-,18+,20+,25?,26+,27+,29+,30-,31+/m1/s1. The number of hydrogen-bond donors (Lipinski definition) is 4. The summed E-state index contributed by atoms with van der Waals surface area (Å²) in [4.78, 5) is 26.9. The molecule has 8 nitrogen and oxygen atoms in total. The van der Waals surface area contributed by atoms with Gasteiger partial charge in [-0.1, -0.05) is 40.7 Å². The van der Waals surface area contributed by atoms with E-state index in [-0.39, 0.29) is 41.9 Å². The third-order valence-corrected chi connectivity index (χ3v) is 11.7. The fourth-order valence-electron chi connectivity index (χ4n) is 9.29. The number of carboxylic acid groups (broad SMARTS) is 1. The van der Waals surface area contributed by atoms with Crippen molar-refractivity contribution in [2.24, 2.45) is 39.9 Å². The monoisotopic (exact) mass is 573 g/mol. The minimum atomic E-state index is -1.48. The summed E-state index contributed by atoms with van der Waals surface area (Å²) >= 11 is 0. The summed E-state index contributed by atoms with van der Waals surface area (Å²) in [5, 5.41) is 36.4. The Morgan fingerprint density at radius 3 is 2.71 bits per heavy atom. The van der Waals surface area contributed by atoms with Crippen LogP contribution in [0.2, 0.25) is 0 Å². The maximum absolute atomic E-state index is 15.7. The van der Waals surface area contributed by atoms with Gasteiger partial charge in [0.15, 0.2) is 17.7 Å². The van der Waals surface area contributed by atoms with Gasteiger partial charge in [0.2, 0.25) is 0 Å². The molecule has 4 N–H and O–H groups in total. The maximum Gasteiger partial charge on any atom is 0.494 e. The number of benzene rings is 1. The number of carbonyl (C=O) groups is 2. The molecule has 1 heterocycles. The highest BCUT2D eigenvalue weighted by atomic mass is 19.1. The van der Waals surface area contributed by atoms with Gasteiger partial charge in [-0.05, 0) is 72.9 Å². The van der Waals surface area contributed by atoms with Crippen LogP contribution in [0.3, 0.4) is 0 Å². The molecule has 0 aromatic heterocycles. The van der Waals surface area contributed by atoms with E-state index in [1.807, 2.05) is 13.8 Å². The lowest BCUT2D eigenvalue weighted by atomic mass is 9.41. The smallest absolute Gasteiger partial charge is 0.478 e. The summed E-state index contributed by atoms with van der Waals surface area (Å²) in [6.45, 7) is 11.6. The second-order valence-corrected chi connectivity index (χ2v) is 13.8. The number of aliphatic hydroxyl groups is 1. The van der Waals surface area contributed by atoms with Gasteiger partial charge in [0, 0.05) is 35.7 Å². The molecule has 1 unspecified atom stereocenters. The lowest BCUT2D eigenvalue weighted by Gasteiger charge is -2.63. The van der Waals surface area contributed by atoms with Gasteiger partial charge in [-0.25, -0.2) is 9.18 Å². The van der Waals surface area contributed by atoms with Gasteiger partial charge >= 0.3 is 13.1 Å². The van der Waals surface area contributed by atoms with Crippen LogP contribution in [-0.4, -0.2) is 59.4 Å². The summed E-state index contributed by atoms with van der Waals surface area (Å²) in [5.41, 5.74) is -1.47. The number of rotatable bonds is 8. The first kappa shape index (κ1) is 30.5. The zero-order valence-electron chi connectivity index (χ0n) is 24.9. The number of fused-ring (bicyclic) bond motifs is 1. The van der Waals surface area contributed by atoms with Crippen molar-refractivity contribution in [2.75, 3.05) is 13.1 Å². The number of hydrogen-bond acceptors (Lipinski definition) is 7. The predicted octanol–water partition coefficient (Wildman–Crippen LogP) is 3.30. The number of carboxylic acids is 1. The molecule has 10 heteroatoms. The molecule has 0 amide bonds. The van der Waals surface area contributed by atoms with Gasteiger partial charge in [0.25, 0.3) is 0 Å². The number of halogens is 1. The number of ether oxygens (including phenoxy) is 1. The van der Waals surface area contributed by atoms with E-state index in [0.717, 1.165) is 25.8 Å². The Morgan fingerprint density at radius 1 is 1.29 bits per heavy atom. The van der Waals surface area contributed by atoms with E-state index in [0.29, 0.717) is 24.9 Å². The average molecular weight is 574 g/mol. The molecule has 3 fully saturated rings. The lowest BCUT2D eigenvalue weighted by molar-refractivity contribution is -0.198. The Morgan fingerprint density at radius 2 is 2.02 bits per heavy atom. The van der Waals surface area contributed by atoms with E-state index in [4.69, 9.17) is 9.39 Å². The Hall–Kier alpha value is -2.01. The highest BCUT2D eigenvalue weighted by Gasteiger charge is 2.69. The summed E-state index contributed by atoms with van der Waals surface area (Å²) in [5.74, 6) is -3.48. The fourth-order valence-corrected chi connectivity index (χ4v) is 9.29. The molecule has 41 heavy (non-hydrogen) atoms. The van der Waals surface area contributed by atoms with Crippen molar-refractivity contribution in [3.05, 3.63) is 23.5 Å². The molecule has 1 aromatic carbocycles. The molecule has 0 saturated heterocycles. The molecule has 0 spiro atoms. The molecule has 5 rings (SSSR count). The Labute approximate surface area is 242 Å². The maximum atomic E-state index is 15.7. The molecule has 2 bridgehead atoms. The van der Waals surface area contributed by atoms with Gasteiger partial charge < -0.3 is 29.9 Å². The van der Waals surface area contributed by atoms with Crippen molar-refractivity contribution in [3.8, 4) is 5.75 Å². The van der Waals surface area contributed by atoms with Crippen molar-refractivity contribution in [3.63, 3.8) is 0 Å². The van der Waals surface area contributed by atoms with Gasteiger partial charge in [-0.3, -0.25) is 4.79 Å². The number of nitrogens with one attached hydrogen (secondary N) is 1. The third kappa shape index (κ3) is 4.64. The van der Waals surface area contributed by atoms with Crippen LogP contribution in [0.4, 0.5) is 4.39 Å². The van der Waals surface area contributed by atoms with Crippen LogP contribution in [0.1, 0.15) is 78.7 Å². The molecule has 3 saturated carbocycles. The van der Waals surface area contributed by atoms with Crippen molar-refractivity contribution in [1.29, 1.82) is 0 Å². The molecular formula is C31H45BFNO7. The average Bonchev–Trinajstić information content (AvgIpc) is 3.49. The quantitative estimate of drug-likeness (QED) is 0.276. The molecular weight excluding hydrogens is 528 g/mol. The summed E-state index contributed by atoms with van der Waals surface area (Å²) < 4.78 is 27.0. The predicted molar refractivity (Wildman–Crippen MR) is 152 cm³/mol. The van der Waals surface area contributed by atoms with Gasteiger partial charge in [0.1, 0.15) is 5.78 Å². The first-order chi connectivity index (χ1) is 19.3. The zero-order chi connectivity index (χ0) is 29.9. The van der Waals surface area contributed by atoms with Gasteiger partial charge in [-0.15, -0.1) is 0 Å². The largest absolute Gasteiger partial charge is 0.494 e. The summed E-state index contributed by atoms with van der Waals surface area (Å²) in [6.07, 6.45) is 1.64. The van der Waals surface area contributed by atoms with Gasteiger partial charge in [0.05, 0.1) is 12.7 Å². The first-order valence-electron chi connectivity index (χ1n) is 15.2. The molecule has 226 valence electrons. The topological polar surface area (TPSA) is 125 Å². The number of Topliss-reactive ketones (excluding diaryl/α,β-unsaturated/α-hetero) is 1. The molecule has 9 atom stereocenters. The van der Waals surface area contributed by atoms with E-state index >= 15 is 4.39 Å². The Balaban J connectivity index is 1.65. The van der Waals surface area contributed by atoms with Crippen molar-refractivity contribution >= 4 is 24.3 Å². The van der Waals surface area contributed by atoms with Crippen LogP contribution < -0.4 is 15.5 Å². The number of carbonyl (C=O) groups excluding carboxylic acids is 1. The van der Waals surface area contributed by atoms with Crippen LogP contribution in [0, 0.1) is 45.7 Å². The minimum absolute atomic E-state index is 0.00788. The normalized spacial score (nSPS) is 39.1. The fraction of sp³-hybridized carbons (Fsp3) is 0.742. The lowest BCUT2D eigenvalue weighted by Crippen LogP contribution is -2.64. The highest BCUT2D eigenvalue weighted by Crippen LogP contribution is 2.69. The van der Waals surface area contributed by atoms with E-state index < -0.39 is 59.2 Å². The number of aliphatic carboxylic acids is 1. The van der Waals surface area contributed by atoms with Gasteiger partial charge in [-0.2, -0.15) is 0 Å². The van der Waals surface area contributed by atoms with Crippen LogP contribution in [-0.2, 0) is 20.9 Å². The van der Waals surface area contributed by atoms with E-state index in [9.17, 15) is 24.8 Å². The number of aliphatic hydroxyl groups excluding tert-OH is 1. The van der Waals surface area contributed by atoms with E-state index in [2.05, 4.69) is 26.1 Å². The molecule has 4 aliphatic rings. The van der Waals surface area contributed by atoms with Crippen LogP contribution in [0.25, 0.3) is 0 Å². The van der Waals surface area contributed by atoms with E-state index in [1.54, 1.807) is 6.07 Å². The molecule has 3 aliphatic carbocycles. The molecule has 1 aliphatic heterocycles.